The van der Waals surface area contributed by atoms with E-state index < -0.39 is 21.4 Å². The zero-order chi connectivity index (χ0) is 62.0. The molecule has 0 aliphatic rings. The minimum Gasteiger partial charge on any atom is -0.330 e. The van der Waals surface area contributed by atoms with E-state index in [1.807, 2.05) is 164 Å². The maximum Gasteiger partial charge on any atom is 0.153 e. The van der Waals surface area contributed by atoms with Crippen LogP contribution in [0, 0.1) is 18.2 Å². The predicted octanol–water partition coefficient (Wildman–Crippen LogP) is 19.0. The maximum absolute atomic E-state index is 15.2. The maximum atomic E-state index is 15.2. The van der Waals surface area contributed by atoms with Crippen LogP contribution in [0.2, 0.25) is 0 Å². The second-order valence-corrected chi connectivity index (χ2v) is 39.2. The van der Waals surface area contributed by atoms with Gasteiger partial charge >= 0.3 is 0 Å². The van der Waals surface area contributed by atoms with E-state index in [0.29, 0.717) is 0 Å². The van der Waals surface area contributed by atoms with E-state index in [0.717, 1.165) is 99.1 Å². The Morgan fingerprint density at radius 3 is 1.32 bits per heavy atom. The van der Waals surface area contributed by atoms with E-state index >= 15 is 4.57 Å². The molecule has 0 N–H and O–H groups in total. The van der Waals surface area contributed by atoms with E-state index in [1.54, 1.807) is 45.3 Å². The number of aromatic nitrogens is 3. The molecule has 0 unspecified atom stereocenters. The average Bonchev–Trinajstić information content (AvgIpc) is 1.72. The SMILES string of the molecule is CC(C)(C)c1ccc(P(=O)(c2c[c-]c(-c3nccc4ccccc34)s2)c2ccc(C(C)(C)C)s2)s1.CC(C)P(=O)(c1c[c-]c(-c2nccc3ccccc23)s1)C(C)C.O=P(c1ccccc1)(c1ccccc1)c1cc[c-]c(-c2cc3ccccc3cn2)c1.[Ir].[Ir].[Ir]. The first-order valence-corrected chi connectivity index (χ1v) is 37.9. The van der Waals surface area contributed by atoms with Crippen LogP contribution in [0.15, 0.2) is 225 Å². The fourth-order valence-electron chi connectivity index (χ4n) is 10.7. The van der Waals surface area contributed by atoms with Gasteiger partial charge in [0.25, 0.3) is 0 Å². The minimum atomic E-state index is -3.04. The molecule has 0 saturated heterocycles. The fourth-order valence-corrected chi connectivity index (χ4v) is 27.2. The summed E-state index contributed by atoms with van der Waals surface area (Å²) < 4.78 is 47.0. The minimum absolute atomic E-state index is 0. The van der Waals surface area contributed by atoms with Crippen LogP contribution < -0.4 is 34.4 Å². The van der Waals surface area contributed by atoms with Crippen molar-refractivity contribution in [2.45, 2.75) is 91.4 Å². The molecule has 91 heavy (non-hydrogen) atoms. The summed E-state index contributed by atoms with van der Waals surface area (Å²) in [6.45, 7) is 21.5. The molecule has 0 aliphatic carbocycles. The standard InChI is InChI=1S/C29H29NOPS3.C27H19NOP.C19H21NOPS.3Ir/c1-28(2,3)22-12-15-25(34-22)32(31,26-16-13-23(35-26)29(4,5)6)24-14-11-21(33-24)27-20-10-8-7-9-19(20)17-18-30-27;29-30(24-13-3-1-4-14-24,25-15-5-2-6-16-25)26-17-9-12-22(18-26)27-19-21-10-7-8-11-23(21)20-28-27;1-13(2)22(21,14(3)4)18-10-9-17(23-18)19-16-8-6-5-7-15(16)11-12-20-19;;;/h7-10,12-18H,1-6H3;1-11,13-20H;5-8,10-14H,1-4H3;;;/q3*-1;;;. The summed E-state index contributed by atoms with van der Waals surface area (Å²) in [4.78, 5) is 18.3. The normalized spacial score (nSPS) is 11.9. The van der Waals surface area contributed by atoms with Gasteiger partial charge in [-0.2, -0.15) is 24.3 Å². The first kappa shape index (κ1) is 71.8. The number of benzene rings is 6. The largest absolute Gasteiger partial charge is 0.330 e. The molecule has 7 heterocycles. The van der Waals surface area contributed by atoms with Crippen molar-refractivity contribution in [1.82, 2.24) is 15.0 Å². The molecule has 0 saturated carbocycles. The summed E-state index contributed by atoms with van der Waals surface area (Å²) in [6.07, 6.45) is 5.54. The molecule has 13 aromatic rings. The van der Waals surface area contributed by atoms with Crippen LogP contribution >= 0.6 is 66.8 Å². The molecular formula is C75H69Ir3N3O3P3S4-3. The Balaban J connectivity index is 0.000000177. The van der Waals surface area contributed by atoms with E-state index in [-0.39, 0.29) is 82.5 Å². The molecule has 471 valence electrons. The van der Waals surface area contributed by atoms with Crippen molar-refractivity contribution in [3.63, 3.8) is 0 Å². The van der Waals surface area contributed by atoms with Crippen molar-refractivity contribution in [3.8, 4) is 32.4 Å². The second-order valence-electron chi connectivity index (χ2n) is 24.3. The van der Waals surface area contributed by atoms with Gasteiger partial charge in [-0.3, -0.25) is 0 Å². The average molecular weight is 1860 g/mol. The van der Waals surface area contributed by atoms with Crippen molar-refractivity contribution in [1.29, 1.82) is 0 Å². The van der Waals surface area contributed by atoms with Crippen LogP contribution in [0.5, 0.6) is 0 Å². The number of thiophene rings is 4. The summed E-state index contributed by atoms with van der Waals surface area (Å²) in [5, 5.41) is 9.15. The Hall–Kier alpha value is -5.01. The first-order chi connectivity index (χ1) is 42.2. The number of nitrogens with zero attached hydrogens (tertiary/aromatic N) is 3. The topological polar surface area (TPSA) is 89.9 Å². The van der Waals surface area contributed by atoms with Crippen LogP contribution in [0.4, 0.5) is 0 Å². The van der Waals surface area contributed by atoms with Gasteiger partial charge in [0.2, 0.25) is 0 Å². The van der Waals surface area contributed by atoms with E-state index in [1.165, 1.54) is 9.75 Å². The van der Waals surface area contributed by atoms with Crippen LogP contribution in [0.1, 0.15) is 79.0 Å². The second kappa shape index (κ2) is 30.2. The molecule has 16 heteroatoms. The van der Waals surface area contributed by atoms with Crippen molar-refractivity contribution in [2.75, 3.05) is 0 Å². The Morgan fingerprint density at radius 2 is 0.846 bits per heavy atom. The zero-order valence-corrected chi connectivity index (χ0v) is 65.2. The number of fused-ring (bicyclic) bond motifs is 3. The van der Waals surface area contributed by atoms with Gasteiger partial charge in [0.15, 0.2) is 14.3 Å². The number of rotatable bonds is 12. The van der Waals surface area contributed by atoms with Crippen molar-refractivity contribution < 1.29 is 74.0 Å². The third-order valence-corrected chi connectivity index (χ3v) is 33.4. The Bertz CT molecular complexity index is 4640. The van der Waals surface area contributed by atoms with Gasteiger partial charge in [0, 0.05) is 111 Å². The summed E-state index contributed by atoms with van der Waals surface area (Å²) in [5.41, 5.74) is 3.80. The number of pyridine rings is 3. The molecule has 0 fully saturated rings. The van der Waals surface area contributed by atoms with Gasteiger partial charge in [0.1, 0.15) is 0 Å². The Morgan fingerprint density at radius 1 is 0.407 bits per heavy atom. The molecule has 0 bridgehead atoms. The summed E-state index contributed by atoms with van der Waals surface area (Å²) in [5.74, 6) is 0. The summed E-state index contributed by atoms with van der Waals surface area (Å²) in [6, 6.07) is 78.2. The van der Waals surface area contributed by atoms with Crippen LogP contribution in [0.25, 0.3) is 64.7 Å². The molecule has 0 amide bonds. The molecular weight excluding hydrogens is 1790 g/mol. The van der Waals surface area contributed by atoms with E-state index in [4.69, 9.17) is 0 Å². The molecule has 7 aromatic heterocycles. The molecule has 13 rings (SSSR count). The summed E-state index contributed by atoms with van der Waals surface area (Å²) >= 11 is 6.51. The monoisotopic (exact) mass is 1860 g/mol. The van der Waals surface area contributed by atoms with Gasteiger partial charge in [-0.25, -0.2) is 22.7 Å². The Labute approximate surface area is 593 Å². The molecule has 6 nitrogen and oxygen atoms in total. The van der Waals surface area contributed by atoms with Crippen molar-refractivity contribution >= 4 is 133 Å². The van der Waals surface area contributed by atoms with E-state index in [9.17, 15) is 9.13 Å². The number of hydrogen-bond acceptors (Lipinski definition) is 10. The van der Waals surface area contributed by atoms with Crippen LogP contribution in [0.3, 0.4) is 0 Å². The molecule has 3 radical (unpaired) electrons. The van der Waals surface area contributed by atoms with Crippen LogP contribution in [-0.4, -0.2) is 26.3 Å². The van der Waals surface area contributed by atoms with Crippen molar-refractivity contribution in [2.24, 2.45) is 0 Å². The molecule has 6 aromatic carbocycles. The predicted molar refractivity (Wildman–Crippen MR) is 383 cm³/mol. The smallest absolute Gasteiger partial charge is 0.153 e. The fraction of sp³-hybridized carbons (Fsp3) is 0.187. The number of hydrogen-bond donors (Lipinski definition) is 0. The zero-order valence-electron chi connectivity index (χ0n) is 52.1. The third kappa shape index (κ3) is 15.1. The van der Waals surface area contributed by atoms with Gasteiger partial charge < -0.3 is 28.6 Å². The van der Waals surface area contributed by atoms with Gasteiger partial charge in [-0.15, -0.1) is 52.5 Å². The van der Waals surface area contributed by atoms with Gasteiger partial charge in [-0.05, 0) is 106 Å². The van der Waals surface area contributed by atoms with E-state index in [2.05, 4.69) is 163 Å². The quantitative estimate of drug-likeness (QED) is 0.0894. The summed E-state index contributed by atoms with van der Waals surface area (Å²) in [7, 11) is -8.47. The Kier molecular flexibility index (Phi) is 23.8. The first-order valence-electron chi connectivity index (χ1n) is 29.4. The van der Waals surface area contributed by atoms with Crippen LogP contribution in [-0.2, 0) is 84.8 Å². The van der Waals surface area contributed by atoms with Gasteiger partial charge in [0.05, 0.1) is 16.4 Å². The molecule has 0 spiro atoms. The third-order valence-electron chi connectivity index (χ3n) is 15.6. The van der Waals surface area contributed by atoms with Gasteiger partial charge in [-0.1, -0.05) is 224 Å². The molecule has 0 atom stereocenters. The molecule has 0 aliphatic heterocycles. The van der Waals surface area contributed by atoms with Crippen molar-refractivity contribution in [3.05, 3.63) is 253 Å².